The number of carboxylic acid groups (broad SMARTS) is 1. The summed E-state index contributed by atoms with van der Waals surface area (Å²) in [6, 6.07) is 4.86. The van der Waals surface area contributed by atoms with Gasteiger partial charge in [0.2, 0.25) is 5.91 Å². The summed E-state index contributed by atoms with van der Waals surface area (Å²) >= 11 is 0. The molecule has 1 amide bonds. The van der Waals surface area contributed by atoms with Crippen LogP contribution in [0.25, 0.3) is 0 Å². The standard InChI is InChI=1S/C16H24N2O3/c1-10(2)7-12(9-17)8-15(19)18-14-6-4-5-13(11(14)3)16(20)21/h4-6,10,12H,7-9,17H2,1-3H3,(H,18,19)(H,20,21)/t12-/m0/s1. The Bertz CT molecular complexity index is 512. The summed E-state index contributed by atoms with van der Waals surface area (Å²) in [5, 5.41) is 11.9. The van der Waals surface area contributed by atoms with Gasteiger partial charge in [-0.25, -0.2) is 4.79 Å². The third-order valence-electron chi connectivity index (χ3n) is 3.45. The number of amides is 1. The molecule has 4 N–H and O–H groups in total. The van der Waals surface area contributed by atoms with Crippen LogP contribution in [0.3, 0.4) is 0 Å². The highest BCUT2D eigenvalue weighted by Crippen LogP contribution is 2.20. The minimum Gasteiger partial charge on any atom is -0.478 e. The molecule has 21 heavy (non-hydrogen) atoms. The van der Waals surface area contributed by atoms with Crippen molar-refractivity contribution < 1.29 is 14.7 Å². The molecule has 5 heteroatoms. The first-order valence-corrected chi connectivity index (χ1v) is 7.18. The van der Waals surface area contributed by atoms with Crippen LogP contribution in [-0.2, 0) is 4.79 Å². The summed E-state index contributed by atoms with van der Waals surface area (Å²) in [4.78, 5) is 23.2. The van der Waals surface area contributed by atoms with Gasteiger partial charge in [-0.1, -0.05) is 19.9 Å². The molecule has 1 rings (SSSR count). The van der Waals surface area contributed by atoms with Gasteiger partial charge in [0.1, 0.15) is 0 Å². The fourth-order valence-electron chi connectivity index (χ4n) is 2.40. The van der Waals surface area contributed by atoms with Crippen LogP contribution in [0.5, 0.6) is 0 Å². The van der Waals surface area contributed by atoms with Crippen LogP contribution in [0.4, 0.5) is 5.69 Å². The van der Waals surface area contributed by atoms with Gasteiger partial charge in [0.05, 0.1) is 5.56 Å². The number of hydrogen-bond donors (Lipinski definition) is 3. The molecule has 0 aromatic heterocycles. The number of carbonyl (C=O) groups excluding carboxylic acids is 1. The Morgan fingerprint density at radius 3 is 2.52 bits per heavy atom. The molecule has 5 nitrogen and oxygen atoms in total. The van der Waals surface area contributed by atoms with Crippen molar-refractivity contribution in [2.24, 2.45) is 17.6 Å². The van der Waals surface area contributed by atoms with E-state index in [1.807, 2.05) is 0 Å². The second kappa shape index (κ2) is 7.78. The van der Waals surface area contributed by atoms with E-state index in [1.54, 1.807) is 19.1 Å². The predicted molar refractivity (Wildman–Crippen MR) is 83.4 cm³/mol. The number of carbonyl (C=O) groups is 2. The van der Waals surface area contributed by atoms with Gasteiger partial charge < -0.3 is 16.2 Å². The average molecular weight is 292 g/mol. The number of benzene rings is 1. The van der Waals surface area contributed by atoms with Crippen LogP contribution in [0, 0.1) is 18.8 Å². The quantitative estimate of drug-likeness (QED) is 0.720. The lowest BCUT2D eigenvalue weighted by atomic mass is 9.94. The lowest BCUT2D eigenvalue weighted by Crippen LogP contribution is -2.24. The Balaban J connectivity index is 2.75. The maximum Gasteiger partial charge on any atom is 0.336 e. The summed E-state index contributed by atoms with van der Waals surface area (Å²) in [6.07, 6.45) is 1.25. The third kappa shape index (κ3) is 5.19. The van der Waals surface area contributed by atoms with Crippen molar-refractivity contribution in [3.8, 4) is 0 Å². The van der Waals surface area contributed by atoms with E-state index in [0.717, 1.165) is 6.42 Å². The molecular formula is C16H24N2O3. The first-order valence-electron chi connectivity index (χ1n) is 7.18. The Labute approximate surface area is 125 Å². The molecule has 0 radical (unpaired) electrons. The maximum absolute atomic E-state index is 12.1. The first kappa shape index (κ1) is 17.2. The topological polar surface area (TPSA) is 92.4 Å². The second-order valence-electron chi connectivity index (χ2n) is 5.77. The summed E-state index contributed by atoms with van der Waals surface area (Å²) in [5.41, 5.74) is 7.00. The molecule has 0 spiro atoms. The third-order valence-corrected chi connectivity index (χ3v) is 3.45. The molecular weight excluding hydrogens is 268 g/mol. The minimum absolute atomic E-state index is 0.128. The highest BCUT2D eigenvalue weighted by Gasteiger charge is 2.16. The fraction of sp³-hybridized carbons (Fsp3) is 0.500. The van der Waals surface area contributed by atoms with Crippen LogP contribution in [0.1, 0.15) is 42.6 Å². The van der Waals surface area contributed by atoms with Gasteiger partial charge >= 0.3 is 5.97 Å². The van der Waals surface area contributed by atoms with E-state index in [9.17, 15) is 9.59 Å². The average Bonchev–Trinajstić information content (AvgIpc) is 2.39. The SMILES string of the molecule is Cc1c(NC(=O)C[C@@H](CN)CC(C)C)cccc1C(=O)O. The summed E-state index contributed by atoms with van der Waals surface area (Å²) in [5.74, 6) is -0.489. The highest BCUT2D eigenvalue weighted by molar-refractivity contribution is 5.96. The molecule has 1 aromatic rings. The summed E-state index contributed by atoms with van der Waals surface area (Å²) in [7, 11) is 0. The zero-order chi connectivity index (χ0) is 16.0. The number of nitrogens with two attached hydrogens (primary N) is 1. The fourth-order valence-corrected chi connectivity index (χ4v) is 2.40. The Morgan fingerprint density at radius 2 is 2.00 bits per heavy atom. The van der Waals surface area contributed by atoms with Gasteiger partial charge in [-0.2, -0.15) is 0 Å². The normalized spacial score (nSPS) is 12.2. The first-order chi connectivity index (χ1) is 9.85. The van der Waals surface area contributed by atoms with Crippen molar-refractivity contribution in [2.75, 3.05) is 11.9 Å². The van der Waals surface area contributed by atoms with E-state index in [2.05, 4.69) is 19.2 Å². The number of hydrogen-bond acceptors (Lipinski definition) is 3. The monoisotopic (exact) mass is 292 g/mol. The number of carboxylic acids is 1. The summed E-state index contributed by atoms with van der Waals surface area (Å²) < 4.78 is 0. The van der Waals surface area contributed by atoms with Gasteiger partial charge in [0.15, 0.2) is 0 Å². The Kier molecular flexibility index (Phi) is 6.37. The van der Waals surface area contributed by atoms with Crippen molar-refractivity contribution in [3.05, 3.63) is 29.3 Å². The van der Waals surface area contributed by atoms with Crippen molar-refractivity contribution in [1.29, 1.82) is 0 Å². The Morgan fingerprint density at radius 1 is 1.33 bits per heavy atom. The lowest BCUT2D eigenvalue weighted by Gasteiger charge is -2.17. The van der Waals surface area contributed by atoms with Gasteiger partial charge in [-0.3, -0.25) is 4.79 Å². The number of nitrogens with one attached hydrogen (secondary N) is 1. The van der Waals surface area contributed by atoms with E-state index in [1.165, 1.54) is 6.07 Å². The molecule has 1 aromatic carbocycles. The molecule has 0 unspecified atom stereocenters. The Hall–Kier alpha value is -1.88. The largest absolute Gasteiger partial charge is 0.478 e. The molecule has 116 valence electrons. The highest BCUT2D eigenvalue weighted by atomic mass is 16.4. The molecule has 0 heterocycles. The molecule has 0 aliphatic heterocycles. The van der Waals surface area contributed by atoms with Crippen LogP contribution >= 0.6 is 0 Å². The van der Waals surface area contributed by atoms with Gasteiger partial charge in [0, 0.05) is 12.1 Å². The molecule has 0 aliphatic rings. The van der Waals surface area contributed by atoms with E-state index in [4.69, 9.17) is 10.8 Å². The minimum atomic E-state index is -0.997. The van der Waals surface area contributed by atoms with E-state index >= 15 is 0 Å². The molecule has 0 aliphatic carbocycles. The number of rotatable bonds is 7. The number of anilines is 1. The predicted octanol–water partition coefficient (Wildman–Crippen LogP) is 2.64. The maximum atomic E-state index is 12.1. The van der Waals surface area contributed by atoms with Crippen molar-refractivity contribution in [1.82, 2.24) is 0 Å². The van der Waals surface area contributed by atoms with Crippen LogP contribution < -0.4 is 11.1 Å². The van der Waals surface area contributed by atoms with Crippen molar-refractivity contribution in [3.63, 3.8) is 0 Å². The van der Waals surface area contributed by atoms with Crippen LogP contribution in [-0.4, -0.2) is 23.5 Å². The molecule has 0 fully saturated rings. The van der Waals surface area contributed by atoms with Crippen LogP contribution in [0.15, 0.2) is 18.2 Å². The summed E-state index contributed by atoms with van der Waals surface area (Å²) in [6.45, 7) is 6.36. The van der Waals surface area contributed by atoms with Gasteiger partial charge in [0.25, 0.3) is 0 Å². The smallest absolute Gasteiger partial charge is 0.336 e. The zero-order valence-corrected chi connectivity index (χ0v) is 12.8. The zero-order valence-electron chi connectivity index (χ0n) is 12.8. The molecule has 0 bridgehead atoms. The van der Waals surface area contributed by atoms with Crippen molar-refractivity contribution in [2.45, 2.75) is 33.6 Å². The molecule has 0 saturated heterocycles. The lowest BCUT2D eigenvalue weighted by molar-refractivity contribution is -0.117. The van der Waals surface area contributed by atoms with Crippen LogP contribution in [0.2, 0.25) is 0 Å². The number of aromatic carboxylic acids is 1. The van der Waals surface area contributed by atoms with E-state index in [-0.39, 0.29) is 17.4 Å². The van der Waals surface area contributed by atoms with Crippen molar-refractivity contribution >= 4 is 17.6 Å². The molecule has 1 atom stereocenters. The van der Waals surface area contributed by atoms with Gasteiger partial charge in [-0.05, 0) is 49.4 Å². The van der Waals surface area contributed by atoms with E-state index < -0.39 is 5.97 Å². The van der Waals surface area contributed by atoms with Gasteiger partial charge in [-0.15, -0.1) is 0 Å². The van der Waals surface area contributed by atoms with E-state index in [0.29, 0.717) is 30.1 Å². The molecule has 0 saturated carbocycles. The second-order valence-corrected chi connectivity index (χ2v) is 5.77.